The molecule has 1 unspecified atom stereocenters. The summed E-state index contributed by atoms with van der Waals surface area (Å²) in [6.45, 7) is 7.46. The molecule has 0 aromatic heterocycles. The van der Waals surface area contributed by atoms with Gasteiger partial charge in [0, 0.05) is 38.2 Å². The third kappa shape index (κ3) is 4.02. The number of benzene rings is 1. The third-order valence-corrected chi connectivity index (χ3v) is 4.81. The lowest BCUT2D eigenvalue weighted by Crippen LogP contribution is -2.41. The number of halogens is 1. The van der Waals surface area contributed by atoms with Crippen LogP contribution in [0.5, 0.6) is 0 Å². The minimum absolute atomic E-state index is 0.180. The molecule has 0 aliphatic carbocycles. The summed E-state index contributed by atoms with van der Waals surface area (Å²) in [5.41, 5.74) is 1.32. The zero-order valence-electron chi connectivity index (χ0n) is 13.9. The van der Waals surface area contributed by atoms with E-state index in [2.05, 4.69) is 17.1 Å². The smallest absolute Gasteiger partial charge is 0.193 e. The lowest BCUT2D eigenvalue weighted by Gasteiger charge is -2.25. The Balaban J connectivity index is 1.59. The average Bonchev–Trinajstić information content (AvgIpc) is 3.17. The van der Waals surface area contributed by atoms with Crippen molar-refractivity contribution in [3.63, 3.8) is 0 Å². The van der Waals surface area contributed by atoms with Gasteiger partial charge in [-0.25, -0.2) is 4.39 Å². The number of guanidine groups is 1. The summed E-state index contributed by atoms with van der Waals surface area (Å²) in [5, 5.41) is 3.39. The van der Waals surface area contributed by atoms with Crippen molar-refractivity contribution in [1.82, 2.24) is 10.2 Å². The molecule has 4 nitrogen and oxygen atoms in total. The van der Waals surface area contributed by atoms with Crippen molar-refractivity contribution < 1.29 is 9.13 Å². The molecule has 23 heavy (non-hydrogen) atoms. The molecule has 1 N–H and O–H groups in total. The molecule has 2 saturated heterocycles. The van der Waals surface area contributed by atoms with Crippen LogP contribution in [0.15, 0.2) is 29.3 Å². The van der Waals surface area contributed by atoms with E-state index in [9.17, 15) is 4.39 Å². The van der Waals surface area contributed by atoms with E-state index < -0.39 is 0 Å². The van der Waals surface area contributed by atoms with Crippen LogP contribution in [0.4, 0.5) is 4.39 Å². The molecule has 126 valence electrons. The molecule has 0 radical (unpaired) electrons. The number of hydrogen-bond acceptors (Lipinski definition) is 2. The van der Waals surface area contributed by atoms with Gasteiger partial charge in [0.2, 0.25) is 0 Å². The Bertz CT molecular complexity index is 555. The molecule has 1 aromatic rings. The fourth-order valence-electron chi connectivity index (χ4n) is 3.50. The predicted molar refractivity (Wildman–Crippen MR) is 90.1 cm³/mol. The van der Waals surface area contributed by atoms with Gasteiger partial charge in [-0.15, -0.1) is 0 Å². The van der Waals surface area contributed by atoms with Gasteiger partial charge >= 0.3 is 0 Å². The molecule has 3 rings (SSSR count). The summed E-state index contributed by atoms with van der Waals surface area (Å²) in [6.07, 6.45) is 3.10. The van der Waals surface area contributed by atoms with Crippen molar-refractivity contribution in [2.45, 2.75) is 26.2 Å². The van der Waals surface area contributed by atoms with Crippen LogP contribution in [0.1, 0.15) is 25.3 Å². The lowest BCUT2D eigenvalue weighted by atomic mass is 9.87. The minimum atomic E-state index is -0.180. The van der Waals surface area contributed by atoms with Crippen molar-refractivity contribution >= 4 is 5.96 Å². The highest BCUT2D eigenvalue weighted by Gasteiger charge is 2.42. The van der Waals surface area contributed by atoms with Crippen LogP contribution in [-0.4, -0.2) is 50.3 Å². The van der Waals surface area contributed by atoms with Gasteiger partial charge in [0.15, 0.2) is 5.96 Å². The first kappa shape index (κ1) is 16.2. The fourth-order valence-corrected chi connectivity index (χ4v) is 3.50. The molecular formula is C18H26FN3O. The number of nitrogens with one attached hydrogen (secondary N) is 1. The summed E-state index contributed by atoms with van der Waals surface area (Å²) < 4.78 is 18.8. The van der Waals surface area contributed by atoms with Gasteiger partial charge in [-0.3, -0.25) is 4.99 Å². The summed E-state index contributed by atoms with van der Waals surface area (Å²) in [5.74, 6) is 0.800. The molecular weight excluding hydrogens is 293 g/mol. The Labute approximate surface area is 137 Å². The Kier molecular flexibility index (Phi) is 5.16. The van der Waals surface area contributed by atoms with Gasteiger partial charge in [-0.05, 0) is 43.9 Å². The SMILES string of the molecule is CCNC(=NCCc1cccc(F)c1)N1CCC2(CCOC2)C1. The topological polar surface area (TPSA) is 36.9 Å². The molecule has 2 heterocycles. The van der Waals surface area contributed by atoms with Crippen LogP contribution >= 0.6 is 0 Å². The van der Waals surface area contributed by atoms with Crippen molar-refractivity contribution in [3.05, 3.63) is 35.6 Å². The number of hydrogen-bond donors (Lipinski definition) is 1. The zero-order valence-corrected chi connectivity index (χ0v) is 13.9. The van der Waals surface area contributed by atoms with Gasteiger partial charge in [0.05, 0.1) is 6.61 Å². The first-order valence-electron chi connectivity index (χ1n) is 8.56. The summed E-state index contributed by atoms with van der Waals surface area (Å²) in [6, 6.07) is 6.77. The highest BCUT2D eigenvalue weighted by Crippen LogP contribution is 2.38. The largest absolute Gasteiger partial charge is 0.381 e. The first-order chi connectivity index (χ1) is 11.2. The Hall–Kier alpha value is -1.62. The summed E-state index contributed by atoms with van der Waals surface area (Å²) in [7, 11) is 0. The van der Waals surface area contributed by atoms with Crippen LogP contribution < -0.4 is 5.32 Å². The molecule has 0 amide bonds. The second-order valence-corrected chi connectivity index (χ2v) is 6.59. The predicted octanol–water partition coefficient (Wildman–Crippen LogP) is 2.45. The molecule has 0 bridgehead atoms. The first-order valence-corrected chi connectivity index (χ1v) is 8.56. The van der Waals surface area contributed by atoms with Crippen molar-refractivity contribution in [1.29, 1.82) is 0 Å². The maximum atomic E-state index is 13.2. The van der Waals surface area contributed by atoms with Crippen LogP contribution in [0.25, 0.3) is 0 Å². The van der Waals surface area contributed by atoms with Crippen molar-refractivity contribution in [3.8, 4) is 0 Å². The van der Waals surface area contributed by atoms with Gasteiger partial charge in [0.25, 0.3) is 0 Å². The Morgan fingerprint density at radius 3 is 3.09 bits per heavy atom. The van der Waals surface area contributed by atoms with E-state index in [1.165, 1.54) is 12.5 Å². The van der Waals surface area contributed by atoms with E-state index in [1.807, 2.05) is 6.07 Å². The van der Waals surface area contributed by atoms with E-state index in [-0.39, 0.29) is 5.82 Å². The van der Waals surface area contributed by atoms with Gasteiger partial charge in [-0.1, -0.05) is 12.1 Å². The highest BCUT2D eigenvalue weighted by atomic mass is 19.1. The van der Waals surface area contributed by atoms with Crippen LogP contribution in [0.2, 0.25) is 0 Å². The molecule has 5 heteroatoms. The number of aliphatic imine (C=N–C) groups is 1. The summed E-state index contributed by atoms with van der Waals surface area (Å²) in [4.78, 5) is 7.09. The Morgan fingerprint density at radius 2 is 2.35 bits per heavy atom. The second-order valence-electron chi connectivity index (χ2n) is 6.59. The minimum Gasteiger partial charge on any atom is -0.381 e. The average molecular weight is 319 g/mol. The number of likely N-dealkylation sites (tertiary alicyclic amines) is 1. The van der Waals surface area contributed by atoms with Gasteiger partial charge in [0.1, 0.15) is 5.82 Å². The molecule has 2 aliphatic rings. The van der Waals surface area contributed by atoms with E-state index in [0.29, 0.717) is 12.0 Å². The second kappa shape index (κ2) is 7.30. The van der Waals surface area contributed by atoms with E-state index in [0.717, 1.165) is 57.2 Å². The molecule has 2 aliphatic heterocycles. The van der Waals surface area contributed by atoms with E-state index >= 15 is 0 Å². The molecule has 1 spiro atoms. The van der Waals surface area contributed by atoms with Gasteiger partial charge in [-0.2, -0.15) is 0 Å². The lowest BCUT2D eigenvalue weighted by molar-refractivity contribution is 0.156. The quantitative estimate of drug-likeness (QED) is 0.684. The Morgan fingerprint density at radius 1 is 1.43 bits per heavy atom. The van der Waals surface area contributed by atoms with Crippen LogP contribution in [-0.2, 0) is 11.2 Å². The monoisotopic (exact) mass is 319 g/mol. The van der Waals surface area contributed by atoms with E-state index in [1.54, 1.807) is 12.1 Å². The van der Waals surface area contributed by atoms with Gasteiger partial charge < -0.3 is 15.0 Å². The van der Waals surface area contributed by atoms with Crippen molar-refractivity contribution in [2.24, 2.45) is 10.4 Å². The number of rotatable bonds is 4. The molecule has 1 aromatic carbocycles. The molecule has 0 saturated carbocycles. The number of nitrogens with zero attached hydrogens (tertiary/aromatic N) is 2. The maximum absolute atomic E-state index is 13.2. The zero-order chi connectivity index (χ0) is 16.1. The normalized spacial score (nSPS) is 24.6. The molecule has 1 atom stereocenters. The highest BCUT2D eigenvalue weighted by molar-refractivity contribution is 5.80. The fraction of sp³-hybridized carbons (Fsp3) is 0.611. The number of ether oxygens (including phenoxy) is 1. The van der Waals surface area contributed by atoms with Crippen LogP contribution in [0.3, 0.4) is 0 Å². The summed E-state index contributed by atoms with van der Waals surface area (Å²) >= 11 is 0. The van der Waals surface area contributed by atoms with E-state index in [4.69, 9.17) is 9.73 Å². The molecule has 2 fully saturated rings. The standard InChI is InChI=1S/C18H26FN3O/c1-2-20-17(21-9-6-15-4-3-5-16(19)12-15)22-10-7-18(13-22)8-11-23-14-18/h3-5,12H,2,6-11,13-14H2,1H3,(H,20,21). The third-order valence-electron chi connectivity index (χ3n) is 4.81. The maximum Gasteiger partial charge on any atom is 0.193 e. The van der Waals surface area contributed by atoms with Crippen LogP contribution in [0, 0.1) is 11.2 Å². The van der Waals surface area contributed by atoms with Crippen molar-refractivity contribution in [2.75, 3.05) is 39.4 Å².